The van der Waals surface area contributed by atoms with Gasteiger partial charge in [0.05, 0.1) is 6.10 Å². The molecule has 0 radical (unpaired) electrons. The molecule has 0 saturated heterocycles. The van der Waals surface area contributed by atoms with Crippen LogP contribution in [0.25, 0.3) is 0 Å². The fourth-order valence-electron chi connectivity index (χ4n) is 2.82. The molecule has 0 spiro atoms. The van der Waals surface area contributed by atoms with E-state index in [0.29, 0.717) is 12.0 Å². The van der Waals surface area contributed by atoms with E-state index in [9.17, 15) is 0 Å². The Labute approximate surface area is 156 Å². The SMILES string of the molecule is Clc1ccc([C@H]2CC[C@H](OCCC[Si](Br)(Br)Br)CC2)cc1. The van der Waals surface area contributed by atoms with Gasteiger partial charge in [0.25, 0.3) is 3.93 Å². The van der Waals surface area contributed by atoms with Gasteiger partial charge in [-0.2, -0.15) is 0 Å². The van der Waals surface area contributed by atoms with Gasteiger partial charge in [-0.25, -0.2) is 0 Å². The molecule has 1 saturated carbocycles. The van der Waals surface area contributed by atoms with E-state index in [2.05, 4.69) is 58.0 Å². The van der Waals surface area contributed by atoms with Crippen molar-refractivity contribution in [3.05, 3.63) is 34.9 Å². The third kappa shape index (κ3) is 7.04. The van der Waals surface area contributed by atoms with Crippen LogP contribution in [-0.4, -0.2) is 16.6 Å². The molecule has 1 aromatic rings. The van der Waals surface area contributed by atoms with Crippen LogP contribution in [0.1, 0.15) is 43.6 Å². The number of benzene rings is 1. The standard InChI is InChI=1S/C15H20Br3ClOSi/c16-21(17,18)11-1-10-20-15-8-4-13(5-9-15)12-2-6-14(19)7-3-12/h2-3,6-7,13,15H,1,4-5,8-11H2/t13-,15-. The first-order chi connectivity index (χ1) is 9.94. The second kappa shape index (κ2) is 8.83. The first kappa shape index (κ1) is 18.5. The summed E-state index contributed by atoms with van der Waals surface area (Å²) in [4.78, 5) is 0. The third-order valence-electron chi connectivity index (χ3n) is 3.97. The molecule has 0 bridgehead atoms. The maximum Gasteiger partial charge on any atom is 0.267 e. The highest BCUT2D eigenvalue weighted by molar-refractivity contribution is 9.72. The normalized spacial score (nSPS) is 23.2. The number of hydrogen-bond donors (Lipinski definition) is 0. The van der Waals surface area contributed by atoms with E-state index in [-0.39, 0.29) is 0 Å². The largest absolute Gasteiger partial charge is 0.378 e. The summed E-state index contributed by atoms with van der Waals surface area (Å²) >= 11 is 16.9. The fourth-order valence-corrected chi connectivity index (χ4v) is 6.01. The van der Waals surface area contributed by atoms with Crippen LogP contribution >= 0.6 is 57.5 Å². The van der Waals surface area contributed by atoms with Crippen molar-refractivity contribution in [1.29, 1.82) is 0 Å². The maximum atomic E-state index is 6.02. The molecule has 0 aromatic heterocycles. The summed E-state index contributed by atoms with van der Waals surface area (Å²) in [6.45, 7) is 0.869. The van der Waals surface area contributed by atoms with Crippen LogP contribution in [0.3, 0.4) is 0 Å². The molecule has 118 valence electrons. The van der Waals surface area contributed by atoms with E-state index in [0.717, 1.165) is 24.1 Å². The summed E-state index contributed by atoms with van der Waals surface area (Å²) in [5.74, 6) is 0.676. The van der Waals surface area contributed by atoms with E-state index >= 15 is 0 Å². The maximum absolute atomic E-state index is 6.02. The van der Waals surface area contributed by atoms with Gasteiger partial charge in [-0.3, -0.25) is 0 Å². The van der Waals surface area contributed by atoms with Crippen LogP contribution in [0.15, 0.2) is 24.3 Å². The molecule has 21 heavy (non-hydrogen) atoms. The van der Waals surface area contributed by atoms with Gasteiger partial charge in [-0.15, -0.1) is 0 Å². The zero-order chi connectivity index (χ0) is 15.3. The fraction of sp³-hybridized carbons (Fsp3) is 0.600. The second-order valence-corrected chi connectivity index (χ2v) is 29.5. The van der Waals surface area contributed by atoms with E-state index in [1.54, 1.807) is 0 Å². The minimum absolute atomic E-state index is 0.450. The Morgan fingerprint density at radius 1 is 1.05 bits per heavy atom. The van der Waals surface area contributed by atoms with Crippen LogP contribution < -0.4 is 0 Å². The zero-order valence-electron chi connectivity index (χ0n) is 11.8. The molecule has 0 aliphatic heterocycles. The Morgan fingerprint density at radius 3 is 2.24 bits per heavy atom. The van der Waals surface area contributed by atoms with Gasteiger partial charge in [-0.05, 0) is 61.8 Å². The summed E-state index contributed by atoms with van der Waals surface area (Å²) in [6, 6.07) is 9.46. The summed E-state index contributed by atoms with van der Waals surface area (Å²) in [6.07, 6.45) is 6.34. The lowest BCUT2D eigenvalue weighted by atomic mass is 9.83. The molecular weight excluding hydrogens is 499 g/mol. The van der Waals surface area contributed by atoms with Crippen molar-refractivity contribution < 1.29 is 4.74 Å². The lowest BCUT2D eigenvalue weighted by Crippen LogP contribution is -2.21. The van der Waals surface area contributed by atoms with E-state index in [1.807, 2.05) is 12.1 Å². The predicted octanol–water partition coefficient (Wildman–Crippen LogP) is 6.90. The Bertz CT molecular complexity index is 428. The van der Waals surface area contributed by atoms with Gasteiger partial charge in [0, 0.05) is 11.6 Å². The second-order valence-electron chi connectivity index (χ2n) is 5.61. The quantitative estimate of drug-likeness (QED) is 0.226. The first-order valence-corrected chi connectivity index (χ1v) is 16.7. The number of ether oxygens (including phenoxy) is 1. The minimum atomic E-state index is -1.46. The summed E-state index contributed by atoms with van der Waals surface area (Å²) in [7, 11) is 0. The van der Waals surface area contributed by atoms with Gasteiger partial charge < -0.3 is 4.74 Å². The average Bonchev–Trinajstić information content (AvgIpc) is 2.44. The average molecular weight is 520 g/mol. The highest BCUT2D eigenvalue weighted by Gasteiger charge is 2.24. The molecule has 1 nitrogen and oxygen atoms in total. The van der Waals surface area contributed by atoms with Crippen molar-refractivity contribution in [2.45, 2.75) is 50.2 Å². The highest BCUT2D eigenvalue weighted by atomic mass is 80.0. The van der Waals surface area contributed by atoms with Crippen molar-refractivity contribution in [2.75, 3.05) is 6.61 Å². The third-order valence-corrected chi connectivity index (χ3v) is 8.71. The topological polar surface area (TPSA) is 9.23 Å². The number of hydrogen-bond acceptors (Lipinski definition) is 1. The van der Waals surface area contributed by atoms with Crippen molar-refractivity contribution in [3.8, 4) is 0 Å². The van der Waals surface area contributed by atoms with Gasteiger partial charge >= 0.3 is 0 Å². The monoisotopic (exact) mass is 516 g/mol. The summed E-state index contributed by atoms with van der Waals surface area (Å²) in [5.41, 5.74) is 1.42. The zero-order valence-corrected chi connectivity index (χ0v) is 18.3. The van der Waals surface area contributed by atoms with Crippen molar-refractivity contribution >= 4 is 61.4 Å². The van der Waals surface area contributed by atoms with Crippen molar-refractivity contribution in [2.24, 2.45) is 0 Å². The molecule has 0 heterocycles. The molecule has 0 N–H and O–H groups in total. The van der Waals surface area contributed by atoms with Crippen molar-refractivity contribution in [3.63, 3.8) is 0 Å². The van der Waals surface area contributed by atoms with Crippen LogP contribution in [0.4, 0.5) is 0 Å². The molecule has 0 amide bonds. The Hall–Kier alpha value is 1.13. The van der Waals surface area contributed by atoms with Gasteiger partial charge in [-0.1, -0.05) is 69.6 Å². The van der Waals surface area contributed by atoms with Crippen LogP contribution in [0.2, 0.25) is 11.1 Å². The minimum Gasteiger partial charge on any atom is -0.378 e. The molecule has 0 unspecified atom stereocenters. The Kier molecular flexibility index (Phi) is 7.77. The molecule has 0 atom stereocenters. The number of halogens is 4. The molecule has 2 rings (SSSR count). The lowest BCUT2D eigenvalue weighted by molar-refractivity contribution is 0.0251. The van der Waals surface area contributed by atoms with E-state index in [4.69, 9.17) is 16.3 Å². The van der Waals surface area contributed by atoms with Gasteiger partial charge in [0.15, 0.2) is 0 Å². The van der Waals surface area contributed by atoms with Crippen molar-refractivity contribution in [1.82, 2.24) is 0 Å². The Balaban J connectivity index is 1.67. The van der Waals surface area contributed by atoms with Gasteiger partial charge in [0.2, 0.25) is 0 Å². The first-order valence-electron chi connectivity index (χ1n) is 7.38. The molecule has 1 aliphatic carbocycles. The molecule has 6 heteroatoms. The summed E-state index contributed by atoms with van der Waals surface area (Å²) < 4.78 is 4.56. The van der Waals surface area contributed by atoms with E-state index < -0.39 is 3.93 Å². The van der Waals surface area contributed by atoms with Gasteiger partial charge in [0.1, 0.15) is 0 Å². The molecule has 1 aromatic carbocycles. The highest BCUT2D eigenvalue weighted by Crippen LogP contribution is 2.35. The summed E-state index contributed by atoms with van der Waals surface area (Å²) in [5, 5.41) is 0.820. The predicted molar refractivity (Wildman–Crippen MR) is 104 cm³/mol. The molecule has 1 fully saturated rings. The Morgan fingerprint density at radius 2 is 1.67 bits per heavy atom. The van der Waals surface area contributed by atoms with Crippen LogP contribution in [0.5, 0.6) is 0 Å². The number of rotatable bonds is 6. The van der Waals surface area contributed by atoms with Crippen LogP contribution in [-0.2, 0) is 4.74 Å². The smallest absolute Gasteiger partial charge is 0.267 e. The van der Waals surface area contributed by atoms with E-state index in [1.165, 1.54) is 31.2 Å². The molecule has 1 aliphatic rings. The lowest BCUT2D eigenvalue weighted by Gasteiger charge is -2.29. The molecular formula is C15H20Br3ClOSi. The van der Waals surface area contributed by atoms with Crippen LogP contribution in [0, 0.1) is 0 Å².